The minimum atomic E-state index is 0.288. The molecule has 0 heteroatoms. The van der Waals surface area contributed by atoms with Gasteiger partial charge >= 0.3 is 0 Å². The van der Waals surface area contributed by atoms with Crippen LogP contribution in [-0.4, -0.2) is 0 Å². The van der Waals surface area contributed by atoms with Crippen LogP contribution in [0, 0.1) is 11.3 Å². The Morgan fingerprint density at radius 2 is 1.16 bits per heavy atom. The molecule has 0 aliphatic heterocycles. The van der Waals surface area contributed by atoms with Crippen molar-refractivity contribution in [3.05, 3.63) is 107 Å². The lowest BCUT2D eigenvalue weighted by Crippen LogP contribution is -2.38. The molecule has 3 aromatic carbocycles. The standard InChI is InChI=1S/C25H22/c1-18-23-16-19-10-8-9-11-20(19)17-24(23,21-12-4-2-5-13-21)25(18,23)22-14-6-3-7-15-22/h2-15,18H,16-17H2,1H3/t18-,23-,24-,25-/m1/s1. The van der Waals surface area contributed by atoms with Gasteiger partial charge in [-0.3, -0.25) is 0 Å². The third-order valence-electron chi connectivity index (χ3n) is 7.92. The molecule has 0 nitrogen and oxygen atoms in total. The van der Waals surface area contributed by atoms with Crippen LogP contribution in [0.5, 0.6) is 0 Å². The van der Waals surface area contributed by atoms with Crippen molar-refractivity contribution >= 4 is 0 Å². The minimum Gasteiger partial charge on any atom is -0.0622 e. The van der Waals surface area contributed by atoms with E-state index in [0.29, 0.717) is 10.8 Å². The molecule has 0 aromatic heterocycles. The van der Waals surface area contributed by atoms with Crippen molar-refractivity contribution in [2.75, 3.05) is 0 Å². The van der Waals surface area contributed by atoms with Crippen LogP contribution in [0.15, 0.2) is 84.9 Å². The van der Waals surface area contributed by atoms with E-state index in [1.807, 2.05) is 0 Å². The smallest absolute Gasteiger partial charge is 0.0170 e. The zero-order chi connectivity index (χ0) is 16.7. The van der Waals surface area contributed by atoms with Gasteiger partial charge in [0.2, 0.25) is 0 Å². The van der Waals surface area contributed by atoms with Crippen molar-refractivity contribution < 1.29 is 0 Å². The second-order valence-corrected chi connectivity index (χ2v) is 8.26. The van der Waals surface area contributed by atoms with E-state index in [1.54, 1.807) is 22.3 Å². The van der Waals surface area contributed by atoms with Gasteiger partial charge in [-0.2, -0.15) is 0 Å². The van der Waals surface area contributed by atoms with Gasteiger partial charge in [-0.15, -0.1) is 0 Å². The molecule has 0 saturated heterocycles. The maximum atomic E-state index is 2.49. The van der Waals surface area contributed by atoms with E-state index in [9.17, 15) is 0 Å². The van der Waals surface area contributed by atoms with E-state index in [4.69, 9.17) is 0 Å². The Labute approximate surface area is 149 Å². The lowest BCUT2D eigenvalue weighted by molar-refractivity contribution is 0.300. The fourth-order valence-corrected chi connectivity index (χ4v) is 7.14. The van der Waals surface area contributed by atoms with Crippen LogP contribution in [0.1, 0.15) is 29.2 Å². The molecule has 1 spiro atoms. The summed E-state index contributed by atoms with van der Waals surface area (Å²) in [5.41, 5.74) is 7.27. The van der Waals surface area contributed by atoms with Crippen LogP contribution in [-0.2, 0) is 23.7 Å². The average Bonchev–Trinajstić information content (AvgIpc) is 3.47. The van der Waals surface area contributed by atoms with Crippen LogP contribution in [0.3, 0.4) is 0 Å². The van der Waals surface area contributed by atoms with E-state index < -0.39 is 0 Å². The molecule has 4 atom stereocenters. The maximum absolute atomic E-state index is 2.49. The zero-order valence-electron chi connectivity index (χ0n) is 14.6. The van der Waals surface area contributed by atoms with Gasteiger partial charge in [0.25, 0.3) is 0 Å². The number of rotatable bonds is 2. The largest absolute Gasteiger partial charge is 0.0622 e. The number of benzene rings is 3. The predicted octanol–water partition coefficient (Wildman–Crippen LogP) is 5.31. The number of hydrogen-bond donors (Lipinski definition) is 0. The first-order valence-corrected chi connectivity index (χ1v) is 9.47. The van der Waals surface area contributed by atoms with Gasteiger partial charge in [0.05, 0.1) is 0 Å². The molecule has 0 amide bonds. The van der Waals surface area contributed by atoms with Gasteiger partial charge < -0.3 is 0 Å². The van der Waals surface area contributed by atoms with Crippen LogP contribution in [0.4, 0.5) is 0 Å². The third-order valence-corrected chi connectivity index (χ3v) is 7.92. The number of hydrogen-bond acceptors (Lipinski definition) is 0. The first-order valence-electron chi connectivity index (χ1n) is 9.47. The molecular formula is C25H22. The summed E-state index contributed by atoms with van der Waals surface area (Å²) < 4.78 is 0. The molecule has 122 valence electrons. The molecule has 2 fully saturated rings. The summed E-state index contributed by atoms with van der Waals surface area (Å²) in [5.74, 6) is 0.760. The van der Waals surface area contributed by atoms with Crippen LogP contribution in [0.2, 0.25) is 0 Å². The Balaban J connectivity index is 1.62. The molecule has 0 N–H and O–H groups in total. The molecule has 25 heavy (non-hydrogen) atoms. The molecule has 0 heterocycles. The second kappa shape index (κ2) is 4.25. The van der Waals surface area contributed by atoms with Crippen molar-refractivity contribution in [1.82, 2.24) is 0 Å². The van der Waals surface area contributed by atoms with Crippen molar-refractivity contribution in [2.24, 2.45) is 11.3 Å². The van der Waals surface area contributed by atoms with E-state index >= 15 is 0 Å². The summed E-state index contributed by atoms with van der Waals surface area (Å²) in [6.07, 6.45) is 2.42. The first-order chi connectivity index (χ1) is 12.3. The lowest BCUT2D eigenvalue weighted by atomic mass is 9.64. The molecule has 0 radical (unpaired) electrons. The fraction of sp³-hybridized carbons (Fsp3) is 0.280. The Morgan fingerprint density at radius 1 is 0.640 bits per heavy atom. The van der Waals surface area contributed by atoms with Gasteiger partial charge in [0.1, 0.15) is 0 Å². The van der Waals surface area contributed by atoms with Crippen LogP contribution in [0.25, 0.3) is 0 Å². The monoisotopic (exact) mass is 322 g/mol. The van der Waals surface area contributed by atoms with Gasteiger partial charge in [-0.1, -0.05) is 91.9 Å². The fourth-order valence-electron chi connectivity index (χ4n) is 7.14. The number of fused-ring (bicyclic) bond motifs is 2. The molecule has 6 rings (SSSR count). The second-order valence-electron chi connectivity index (χ2n) is 8.26. The van der Waals surface area contributed by atoms with Gasteiger partial charge in [0, 0.05) is 10.8 Å². The van der Waals surface area contributed by atoms with Crippen molar-refractivity contribution in [2.45, 2.75) is 30.6 Å². The topological polar surface area (TPSA) is 0 Å². The maximum Gasteiger partial charge on any atom is 0.0170 e. The van der Waals surface area contributed by atoms with E-state index in [-0.39, 0.29) is 5.41 Å². The lowest BCUT2D eigenvalue weighted by Gasteiger charge is -2.39. The Hall–Kier alpha value is -2.34. The molecule has 3 aliphatic carbocycles. The normalized spacial score (nSPS) is 36.8. The summed E-state index contributed by atoms with van der Waals surface area (Å²) in [6, 6.07) is 31.8. The van der Waals surface area contributed by atoms with Gasteiger partial charge in [-0.25, -0.2) is 0 Å². The van der Waals surface area contributed by atoms with Gasteiger partial charge in [-0.05, 0) is 46.4 Å². The minimum absolute atomic E-state index is 0.288. The predicted molar refractivity (Wildman–Crippen MR) is 102 cm³/mol. The average molecular weight is 322 g/mol. The van der Waals surface area contributed by atoms with Crippen molar-refractivity contribution in [1.29, 1.82) is 0 Å². The molecule has 3 aliphatic rings. The SMILES string of the molecule is C[C@@H]1[C@]23Cc4ccccc4C[C@]2(c2ccccc2)[C@@]13c1ccccc1. The zero-order valence-corrected chi connectivity index (χ0v) is 14.6. The Morgan fingerprint density at radius 3 is 1.80 bits per heavy atom. The summed E-state index contributed by atoms with van der Waals surface area (Å²) in [7, 11) is 0. The Kier molecular flexibility index (Phi) is 2.36. The Bertz CT molecular complexity index is 973. The highest BCUT2D eigenvalue weighted by molar-refractivity contribution is 5.72. The van der Waals surface area contributed by atoms with Crippen LogP contribution < -0.4 is 0 Å². The summed E-state index contributed by atoms with van der Waals surface area (Å²) in [5, 5.41) is 0. The van der Waals surface area contributed by atoms with Crippen molar-refractivity contribution in [3.63, 3.8) is 0 Å². The highest BCUT2D eigenvalue weighted by atomic mass is 15.0. The summed E-state index contributed by atoms with van der Waals surface area (Å²) in [6.45, 7) is 2.49. The first kappa shape index (κ1) is 13.9. The summed E-state index contributed by atoms with van der Waals surface area (Å²) in [4.78, 5) is 0. The molecule has 0 bridgehead atoms. The highest BCUT2D eigenvalue weighted by Gasteiger charge is 3.03. The molecule has 3 aromatic rings. The summed E-state index contributed by atoms with van der Waals surface area (Å²) >= 11 is 0. The van der Waals surface area contributed by atoms with E-state index in [1.165, 1.54) is 12.8 Å². The molecular weight excluding hydrogens is 300 g/mol. The van der Waals surface area contributed by atoms with Gasteiger partial charge in [0.15, 0.2) is 0 Å². The van der Waals surface area contributed by atoms with E-state index in [0.717, 1.165) is 5.92 Å². The quantitative estimate of drug-likeness (QED) is 0.600. The molecule has 2 saturated carbocycles. The molecule has 0 unspecified atom stereocenters. The van der Waals surface area contributed by atoms with Crippen molar-refractivity contribution in [3.8, 4) is 0 Å². The highest BCUT2D eigenvalue weighted by Crippen LogP contribution is 3.01. The van der Waals surface area contributed by atoms with E-state index in [2.05, 4.69) is 91.9 Å². The van der Waals surface area contributed by atoms with Crippen LogP contribution >= 0.6 is 0 Å². The third kappa shape index (κ3) is 1.26.